The lowest BCUT2D eigenvalue weighted by molar-refractivity contribution is 0.284. The number of hydrogen-bond donors (Lipinski definition) is 1. The van der Waals surface area contributed by atoms with Gasteiger partial charge in [-0.15, -0.1) is 0 Å². The first-order valence-electron chi connectivity index (χ1n) is 8.50. The van der Waals surface area contributed by atoms with Crippen LogP contribution in [-0.2, 0) is 0 Å². The molecule has 3 nitrogen and oxygen atoms in total. The van der Waals surface area contributed by atoms with Crippen LogP contribution in [0.4, 0.5) is 5.69 Å². The standard InChI is InChI=1S/C18H26N2O/c1-20-8-2-3-15(20)9-14-11-19-18-7-6-16(10-17(14)18)21-12-13-4-5-13/h6-7,10,13-15,19H,2-5,8-9,11-12H2,1H3/t14?,15-/m1/s1. The van der Waals surface area contributed by atoms with Crippen LogP contribution in [0, 0.1) is 5.92 Å². The molecule has 1 aliphatic carbocycles. The van der Waals surface area contributed by atoms with Crippen LogP contribution in [0.2, 0.25) is 0 Å². The van der Waals surface area contributed by atoms with Crippen molar-refractivity contribution in [3.05, 3.63) is 23.8 Å². The Balaban J connectivity index is 1.45. The lowest BCUT2D eigenvalue weighted by Gasteiger charge is -2.23. The van der Waals surface area contributed by atoms with Crippen molar-refractivity contribution in [2.24, 2.45) is 5.92 Å². The van der Waals surface area contributed by atoms with Crippen LogP contribution in [0.3, 0.4) is 0 Å². The first kappa shape index (κ1) is 13.4. The molecule has 4 rings (SSSR count). The maximum absolute atomic E-state index is 5.96. The zero-order valence-electron chi connectivity index (χ0n) is 13.0. The van der Waals surface area contributed by atoms with Gasteiger partial charge in [-0.05, 0) is 75.4 Å². The summed E-state index contributed by atoms with van der Waals surface area (Å²) in [7, 11) is 2.27. The summed E-state index contributed by atoms with van der Waals surface area (Å²) in [6.45, 7) is 3.26. The van der Waals surface area contributed by atoms with Crippen molar-refractivity contribution in [3.63, 3.8) is 0 Å². The van der Waals surface area contributed by atoms with Crippen LogP contribution in [0.25, 0.3) is 0 Å². The molecule has 1 aromatic rings. The number of fused-ring (bicyclic) bond motifs is 1. The molecule has 2 fully saturated rings. The Hall–Kier alpha value is -1.22. The Morgan fingerprint density at radius 2 is 2.19 bits per heavy atom. The van der Waals surface area contributed by atoms with E-state index < -0.39 is 0 Å². The fourth-order valence-electron chi connectivity index (χ4n) is 3.79. The smallest absolute Gasteiger partial charge is 0.119 e. The predicted molar refractivity (Wildman–Crippen MR) is 86.2 cm³/mol. The molecular weight excluding hydrogens is 260 g/mol. The van der Waals surface area contributed by atoms with Crippen LogP contribution in [0.15, 0.2) is 18.2 Å². The van der Waals surface area contributed by atoms with Gasteiger partial charge in [-0.2, -0.15) is 0 Å². The number of nitrogens with one attached hydrogen (secondary N) is 1. The number of likely N-dealkylation sites (tertiary alicyclic amines) is 1. The van der Waals surface area contributed by atoms with E-state index in [9.17, 15) is 0 Å². The van der Waals surface area contributed by atoms with Gasteiger partial charge in [0.2, 0.25) is 0 Å². The van der Waals surface area contributed by atoms with E-state index in [2.05, 4.69) is 35.5 Å². The second-order valence-corrected chi connectivity index (χ2v) is 7.09. The van der Waals surface area contributed by atoms with Crippen LogP contribution < -0.4 is 10.1 Å². The van der Waals surface area contributed by atoms with Crippen molar-refractivity contribution >= 4 is 5.69 Å². The highest BCUT2D eigenvalue weighted by molar-refractivity contribution is 5.60. The third kappa shape index (κ3) is 2.89. The molecule has 1 N–H and O–H groups in total. The van der Waals surface area contributed by atoms with Crippen molar-refractivity contribution < 1.29 is 4.74 Å². The Labute approximate surface area is 127 Å². The maximum atomic E-state index is 5.96. The first-order valence-corrected chi connectivity index (χ1v) is 8.50. The number of benzene rings is 1. The monoisotopic (exact) mass is 286 g/mol. The molecule has 1 aromatic carbocycles. The van der Waals surface area contributed by atoms with E-state index in [1.54, 1.807) is 0 Å². The minimum atomic E-state index is 0.648. The first-order chi connectivity index (χ1) is 10.3. The summed E-state index contributed by atoms with van der Waals surface area (Å²) in [5.41, 5.74) is 2.79. The Kier molecular flexibility index (Phi) is 3.54. The van der Waals surface area contributed by atoms with Gasteiger partial charge >= 0.3 is 0 Å². The summed E-state index contributed by atoms with van der Waals surface area (Å²) in [4.78, 5) is 2.53. The van der Waals surface area contributed by atoms with E-state index in [0.717, 1.165) is 30.9 Å². The van der Waals surface area contributed by atoms with Crippen LogP contribution in [0.1, 0.15) is 43.6 Å². The molecular formula is C18H26N2O. The predicted octanol–water partition coefficient (Wildman–Crippen LogP) is 3.47. The largest absolute Gasteiger partial charge is 0.493 e. The van der Waals surface area contributed by atoms with Gasteiger partial charge in [-0.25, -0.2) is 0 Å². The SMILES string of the molecule is CN1CCC[C@@H]1CC1CNc2ccc(OCC3CC3)cc21. The van der Waals surface area contributed by atoms with Gasteiger partial charge in [0, 0.05) is 24.2 Å². The summed E-state index contributed by atoms with van der Waals surface area (Å²) in [6.07, 6.45) is 6.70. The Morgan fingerprint density at radius 3 is 2.95 bits per heavy atom. The zero-order valence-corrected chi connectivity index (χ0v) is 13.0. The highest BCUT2D eigenvalue weighted by atomic mass is 16.5. The summed E-state index contributed by atoms with van der Waals surface area (Å²) < 4.78 is 5.96. The van der Waals surface area contributed by atoms with E-state index in [4.69, 9.17) is 4.74 Å². The molecule has 0 aromatic heterocycles. The van der Waals surface area contributed by atoms with E-state index in [1.165, 1.54) is 49.9 Å². The second kappa shape index (κ2) is 5.53. The van der Waals surface area contributed by atoms with Crippen molar-refractivity contribution in [1.82, 2.24) is 4.90 Å². The topological polar surface area (TPSA) is 24.5 Å². The summed E-state index contributed by atoms with van der Waals surface area (Å²) in [6, 6.07) is 7.38. The van der Waals surface area contributed by atoms with Gasteiger partial charge in [0.15, 0.2) is 0 Å². The van der Waals surface area contributed by atoms with Gasteiger partial charge < -0.3 is 15.0 Å². The molecule has 2 atom stereocenters. The van der Waals surface area contributed by atoms with Crippen LogP contribution in [-0.4, -0.2) is 37.7 Å². The molecule has 3 aliphatic rings. The molecule has 0 spiro atoms. The highest BCUT2D eigenvalue weighted by Gasteiger charge is 2.29. The van der Waals surface area contributed by atoms with Crippen molar-refractivity contribution in [1.29, 1.82) is 0 Å². The van der Waals surface area contributed by atoms with Crippen LogP contribution in [0.5, 0.6) is 5.75 Å². The molecule has 0 amide bonds. The number of rotatable bonds is 5. The molecule has 0 bridgehead atoms. The fourth-order valence-corrected chi connectivity index (χ4v) is 3.79. The molecule has 2 heterocycles. The average molecular weight is 286 g/mol. The molecule has 1 saturated heterocycles. The Morgan fingerprint density at radius 1 is 1.29 bits per heavy atom. The Bertz CT molecular complexity index is 512. The van der Waals surface area contributed by atoms with E-state index in [0.29, 0.717) is 5.92 Å². The summed E-state index contributed by atoms with van der Waals surface area (Å²) >= 11 is 0. The van der Waals surface area contributed by atoms with Crippen molar-refractivity contribution in [2.75, 3.05) is 32.1 Å². The molecule has 2 aliphatic heterocycles. The number of anilines is 1. The molecule has 0 radical (unpaired) electrons. The lowest BCUT2D eigenvalue weighted by atomic mass is 9.93. The van der Waals surface area contributed by atoms with Crippen LogP contribution >= 0.6 is 0 Å². The highest BCUT2D eigenvalue weighted by Crippen LogP contribution is 2.39. The summed E-state index contributed by atoms with van der Waals surface area (Å²) in [5.74, 6) is 2.53. The van der Waals surface area contributed by atoms with Gasteiger partial charge in [-0.1, -0.05) is 0 Å². The minimum absolute atomic E-state index is 0.648. The van der Waals surface area contributed by atoms with Gasteiger partial charge in [0.25, 0.3) is 0 Å². The van der Waals surface area contributed by atoms with Gasteiger partial charge in [-0.3, -0.25) is 0 Å². The number of ether oxygens (including phenoxy) is 1. The van der Waals surface area contributed by atoms with E-state index >= 15 is 0 Å². The normalized spacial score (nSPS) is 28.4. The fraction of sp³-hybridized carbons (Fsp3) is 0.667. The second-order valence-electron chi connectivity index (χ2n) is 7.09. The quantitative estimate of drug-likeness (QED) is 0.897. The third-order valence-corrected chi connectivity index (χ3v) is 5.41. The van der Waals surface area contributed by atoms with Crippen molar-refractivity contribution in [2.45, 2.75) is 44.1 Å². The lowest BCUT2D eigenvalue weighted by Crippen LogP contribution is -2.27. The molecule has 21 heavy (non-hydrogen) atoms. The average Bonchev–Trinajstić information content (AvgIpc) is 3.13. The van der Waals surface area contributed by atoms with E-state index in [-0.39, 0.29) is 0 Å². The third-order valence-electron chi connectivity index (χ3n) is 5.41. The maximum Gasteiger partial charge on any atom is 0.119 e. The molecule has 114 valence electrons. The van der Waals surface area contributed by atoms with E-state index in [1.807, 2.05) is 0 Å². The minimum Gasteiger partial charge on any atom is -0.493 e. The van der Waals surface area contributed by atoms with Gasteiger partial charge in [0.05, 0.1) is 6.61 Å². The van der Waals surface area contributed by atoms with Crippen molar-refractivity contribution in [3.8, 4) is 5.75 Å². The van der Waals surface area contributed by atoms with Gasteiger partial charge in [0.1, 0.15) is 5.75 Å². The zero-order chi connectivity index (χ0) is 14.2. The number of hydrogen-bond acceptors (Lipinski definition) is 3. The number of nitrogens with zero attached hydrogens (tertiary/aromatic N) is 1. The molecule has 1 saturated carbocycles. The molecule has 1 unspecified atom stereocenters. The molecule has 3 heteroatoms. The summed E-state index contributed by atoms with van der Waals surface area (Å²) in [5, 5.41) is 3.57.